The van der Waals surface area contributed by atoms with Crippen LogP contribution in [-0.2, 0) is 14.4 Å². The molecule has 1 amide bonds. The van der Waals surface area contributed by atoms with E-state index in [-0.39, 0.29) is 0 Å². The summed E-state index contributed by atoms with van der Waals surface area (Å²) in [7, 11) is 0. The molecule has 0 aromatic heterocycles. The molecule has 0 aromatic carbocycles. The number of rotatable bonds is 2. The number of ketones is 1. The van der Waals surface area contributed by atoms with Gasteiger partial charge in [-0.2, -0.15) is 11.8 Å². The predicted octanol–water partition coefficient (Wildman–Crippen LogP) is -0.396. The van der Waals surface area contributed by atoms with E-state index in [4.69, 9.17) is 5.11 Å². The first-order chi connectivity index (χ1) is 6.54. The van der Waals surface area contributed by atoms with Crippen molar-refractivity contribution >= 4 is 29.4 Å². The van der Waals surface area contributed by atoms with Gasteiger partial charge in [-0.1, -0.05) is 0 Å². The van der Waals surface area contributed by atoms with Gasteiger partial charge in [-0.15, -0.1) is 0 Å². The van der Waals surface area contributed by atoms with Crippen molar-refractivity contribution in [2.45, 2.75) is 13.0 Å². The topological polar surface area (TPSA) is 74.7 Å². The summed E-state index contributed by atoms with van der Waals surface area (Å²) in [6, 6.07) is -0.856. The highest BCUT2D eigenvalue weighted by Crippen LogP contribution is 2.16. The number of aliphatic carboxylic acids is 1. The Kier molecular flexibility index (Phi) is 3.51. The number of amides is 1. The summed E-state index contributed by atoms with van der Waals surface area (Å²) in [6.07, 6.45) is 0. The van der Waals surface area contributed by atoms with E-state index >= 15 is 0 Å². The summed E-state index contributed by atoms with van der Waals surface area (Å²) in [5.74, 6) is -1.32. The molecule has 1 fully saturated rings. The Morgan fingerprint density at radius 2 is 2.07 bits per heavy atom. The fraction of sp³-hybridized carbons (Fsp3) is 0.625. The molecule has 1 N–H and O–H groups in total. The van der Waals surface area contributed by atoms with Gasteiger partial charge in [0.2, 0.25) is 5.78 Å². The van der Waals surface area contributed by atoms with E-state index in [1.165, 1.54) is 11.8 Å². The van der Waals surface area contributed by atoms with Gasteiger partial charge < -0.3 is 10.0 Å². The van der Waals surface area contributed by atoms with Crippen LogP contribution < -0.4 is 0 Å². The zero-order valence-electron chi connectivity index (χ0n) is 7.73. The normalized spacial score (nSPS) is 21.8. The molecule has 1 atom stereocenters. The lowest BCUT2D eigenvalue weighted by molar-refractivity contribution is -0.152. The van der Waals surface area contributed by atoms with E-state index in [0.717, 1.165) is 11.8 Å². The maximum atomic E-state index is 11.3. The van der Waals surface area contributed by atoms with E-state index in [1.54, 1.807) is 0 Å². The van der Waals surface area contributed by atoms with Crippen LogP contribution in [-0.4, -0.2) is 51.8 Å². The van der Waals surface area contributed by atoms with Gasteiger partial charge in [0.25, 0.3) is 5.91 Å². The fourth-order valence-electron chi connectivity index (χ4n) is 1.25. The Morgan fingerprint density at radius 3 is 2.57 bits per heavy atom. The number of carbonyl (C=O) groups excluding carboxylic acids is 2. The smallest absolute Gasteiger partial charge is 0.327 e. The van der Waals surface area contributed by atoms with Crippen LogP contribution in [0.25, 0.3) is 0 Å². The van der Waals surface area contributed by atoms with Crippen LogP contribution in [0.2, 0.25) is 0 Å². The molecule has 5 nitrogen and oxygen atoms in total. The van der Waals surface area contributed by atoms with Gasteiger partial charge >= 0.3 is 5.97 Å². The second-order valence-corrected chi connectivity index (χ2v) is 4.13. The van der Waals surface area contributed by atoms with Crippen molar-refractivity contribution in [1.82, 2.24) is 4.90 Å². The molecule has 1 rings (SSSR count). The predicted molar refractivity (Wildman–Crippen MR) is 51.1 cm³/mol. The Hall–Kier alpha value is -1.04. The number of carbonyl (C=O) groups is 3. The van der Waals surface area contributed by atoms with E-state index in [0.29, 0.717) is 18.1 Å². The molecular formula is C8H11NO4S. The average molecular weight is 217 g/mol. The highest BCUT2D eigenvalue weighted by molar-refractivity contribution is 7.99. The summed E-state index contributed by atoms with van der Waals surface area (Å²) >= 11 is 1.48. The van der Waals surface area contributed by atoms with Gasteiger partial charge in [-0.25, -0.2) is 4.79 Å². The average Bonchev–Trinajstić information content (AvgIpc) is 2.16. The highest BCUT2D eigenvalue weighted by atomic mass is 32.2. The first-order valence-corrected chi connectivity index (χ1v) is 5.31. The summed E-state index contributed by atoms with van der Waals surface area (Å²) in [5, 5.41) is 8.82. The molecule has 1 saturated heterocycles. The Balaban J connectivity index is 2.77. The highest BCUT2D eigenvalue weighted by Gasteiger charge is 2.33. The number of hydrogen-bond acceptors (Lipinski definition) is 4. The third-order valence-corrected chi connectivity index (χ3v) is 3.00. The van der Waals surface area contributed by atoms with Crippen molar-refractivity contribution in [2.24, 2.45) is 0 Å². The molecule has 1 heterocycles. The minimum absolute atomic E-state index is 0.333. The van der Waals surface area contributed by atoms with E-state index in [9.17, 15) is 14.4 Å². The van der Waals surface area contributed by atoms with Crippen LogP contribution in [0, 0.1) is 0 Å². The molecule has 0 unspecified atom stereocenters. The molecule has 1 aliphatic rings. The molecular weight excluding hydrogens is 206 g/mol. The zero-order valence-corrected chi connectivity index (χ0v) is 8.54. The molecule has 0 aliphatic carbocycles. The van der Waals surface area contributed by atoms with Gasteiger partial charge in [0.15, 0.2) is 0 Å². The zero-order chi connectivity index (χ0) is 10.7. The minimum atomic E-state index is -1.05. The lowest BCUT2D eigenvalue weighted by Gasteiger charge is -2.31. The van der Waals surface area contributed by atoms with Crippen molar-refractivity contribution in [3.05, 3.63) is 0 Å². The largest absolute Gasteiger partial charge is 0.480 e. The quantitative estimate of drug-likeness (QED) is 0.637. The summed E-state index contributed by atoms with van der Waals surface area (Å²) < 4.78 is 0. The van der Waals surface area contributed by atoms with Crippen LogP contribution in [0.5, 0.6) is 0 Å². The van der Waals surface area contributed by atoms with Gasteiger partial charge in [0.05, 0.1) is 0 Å². The van der Waals surface area contributed by atoms with Gasteiger partial charge in [0.1, 0.15) is 6.04 Å². The van der Waals surface area contributed by atoms with Crippen LogP contribution in [0.15, 0.2) is 0 Å². The van der Waals surface area contributed by atoms with Crippen molar-refractivity contribution in [2.75, 3.05) is 18.1 Å². The van der Waals surface area contributed by atoms with Gasteiger partial charge in [-0.05, 0) is 0 Å². The van der Waals surface area contributed by atoms with Crippen molar-refractivity contribution < 1.29 is 19.5 Å². The third kappa shape index (κ3) is 2.25. The maximum absolute atomic E-state index is 11.3. The Bertz CT molecular complexity index is 279. The molecule has 0 spiro atoms. The van der Waals surface area contributed by atoms with Crippen molar-refractivity contribution in [3.63, 3.8) is 0 Å². The lowest BCUT2D eigenvalue weighted by Crippen LogP contribution is -2.52. The van der Waals surface area contributed by atoms with Crippen molar-refractivity contribution in [1.29, 1.82) is 0 Å². The number of nitrogens with zero attached hydrogens (tertiary/aromatic N) is 1. The van der Waals surface area contributed by atoms with Gasteiger partial charge in [-0.3, -0.25) is 9.59 Å². The molecule has 78 valence electrons. The second kappa shape index (κ2) is 4.45. The number of Topliss-reactive ketones (excluding diaryl/α,β-unsaturated/α-hetero) is 1. The van der Waals surface area contributed by atoms with Crippen LogP contribution >= 0.6 is 11.8 Å². The molecule has 6 heteroatoms. The standard InChI is InChI=1S/C8H11NO4S/c1-5(10)7(11)9-2-3-14-4-6(9)8(12)13/h6H,2-4H2,1H3,(H,12,13)/t6-/m0/s1. The van der Waals surface area contributed by atoms with Crippen LogP contribution in [0.4, 0.5) is 0 Å². The van der Waals surface area contributed by atoms with E-state index in [1.807, 2.05) is 0 Å². The Labute approximate surface area is 85.4 Å². The molecule has 0 aromatic rings. The third-order valence-electron chi connectivity index (χ3n) is 1.98. The fourth-order valence-corrected chi connectivity index (χ4v) is 2.29. The summed E-state index contributed by atoms with van der Waals surface area (Å²) in [5.41, 5.74) is 0. The van der Waals surface area contributed by atoms with Crippen molar-refractivity contribution in [3.8, 4) is 0 Å². The molecule has 1 aliphatic heterocycles. The summed E-state index contributed by atoms with van der Waals surface area (Å²) in [6.45, 7) is 1.49. The maximum Gasteiger partial charge on any atom is 0.327 e. The number of thioether (sulfide) groups is 1. The monoisotopic (exact) mass is 217 g/mol. The number of carboxylic acid groups (broad SMARTS) is 1. The number of carboxylic acids is 1. The molecule has 0 saturated carbocycles. The first kappa shape index (κ1) is 11.0. The second-order valence-electron chi connectivity index (χ2n) is 2.98. The molecule has 0 radical (unpaired) electrons. The SMILES string of the molecule is CC(=O)C(=O)N1CCSC[C@H]1C(=O)O. The van der Waals surface area contributed by atoms with Crippen LogP contribution in [0.1, 0.15) is 6.92 Å². The van der Waals surface area contributed by atoms with E-state index < -0.39 is 23.7 Å². The lowest BCUT2D eigenvalue weighted by atomic mass is 10.2. The molecule has 14 heavy (non-hydrogen) atoms. The van der Waals surface area contributed by atoms with Gasteiger partial charge in [0, 0.05) is 25.0 Å². The van der Waals surface area contributed by atoms with Crippen LogP contribution in [0.3, 0.4) is 0 Å². The minimum Gasteiger partial charge on any atom is -0.480 e. The summed E-state index contributed by atoms with van der Waals surface area (Å²) in [4.78, 5) is 34.1. The van der Waals surface area contributed by atoms with E-state index in [2.05, 4.69) is 0 Å². The molecule has 0 bridgehead atoms. The first-order valence-electron chi connectivity index (χ1n) is 4.16. The Morgan fingerprint density at radius 1 is 1.43 bits per heavy atom. The number of hydrogen-bond donors (Lipinski definition) is 1.